The smallest absolute Gasteiger partial charge is 0.0654 e. The van der Waals surface area contributed by atoms with Crippen molar-refractivity contribution in [1.29, 1.82) is 0 Å². The van der Waals surface area contributed by atoms with Crippen LogP contribution < -0.4 is 5.32 Å². The molecular weight excluding hydrogens is 362 g/mol. The number of rotatable bonds is 5. The molecule has 0 saturated carbocycles. The fourth-order valence-electron chi connectivity index (χ4n) is 2.32. The van der Waals surface area contributed by atoms with Crippen molar-refractivity contribution in [3.05, 3.63) is 73.0 Å². The van der Waals surface area contributed by atoms with E-state index in [4.69, 9.17) is 0 Å². The van der Waals surface area contributed by atoms with Crippen LogP contribution in [0, 0.1) is 6.92 Å². The van der Waals surface area contributed by atoms with Crippen molar-refractivity contribution < 1.29 is 0 Å². The zero-order valence-electron chi connectivity index (χ0n) is 11.7. The van der Waals surface area contributed by atoms with Gasteiger partial charge in [0.25, 0.3) is 0 Å². The molecule has 21 heavy (non-hydrogen) atoms. The summed E-state index contributed by atoms with van der Waals surface area (Å²) in [5, 5.41) is 8.00. The number of aryl methyl sites for hydroxylation is 1. The molecule has 0 aliphatic heterocycles. The number of halogens is 1. The molecule has 0 radical (unpaired) electrons. The van der Waals surface area contributed by atoms with E-state index in [1.54, 1.807) is 0 Å². The van der Waals surface area contributed by atoms with Gasteiger partial charge < -0.3 is 5.32 Å². The second-order valence-corrected chi connectivity index (χ2v) is 7.88. The van der Waals surface area contributed by atoms with Crippen molar-refractivity contribution in [3.8, 4) is 0 Å². The van der Waals surface area contributed by atoms with E-state index in [0.717, 1.165) is 10.9 Å². The van der Waals surface area contributed by atoms with Crippen molar-refractivity contribution in [1.82, 2.24) is 0 Å². The highest BCUT2D eigenvalue weighted by Gasteiger charge is 2.15. The first kappa shape index (κ1) is 14.8. The summed E-state index contributed by atoms with van der Waals surface area (Å²) in [4.78, 5) is 2.79. The lowest BCUT2D eigenvalue weighted by atomic mass is 10.1. The van der Waals surface area contributed by atoms with Crippen molar-refractivity contribution in [2.24, 2.45) is 0 Å². The molecular formula is C17H16BrNS2. The highest BCUT2D eigenvalue weighted by Crippen LogP contribution is 2.30. The van der Waals surface area contributed by atoms with Crippen molar-refractivity contribution in [3.63, 3.8) is 0 Å². The predicted octanol–water partition coefficient (Wildman–Crippen LogP) is 6.28. The number of nitrogens with one attached hydrogen (secondary N) is 1. The molecule has 0 amide bonds. The van der Waals surface area contributed by atoms with Crippen LogP contribution in [-0.4, -0.2) is 0 Å². The summed E-state index contributed by atoms with van der Waals surface area (Å²) in [6, 6.07) is 15.4. The number of hydrogen-bond acceptors (Lipinski definition) is 3. The highest BCUT2D eigenvalue weighted by atomic mass is 79.9. The fraction of sp³-hybridized carbons (Fsp3) is 0.176. The summed E-state index contributed by atoms with van der Waals surface area (Å²) >= 11 is 7.16. The zero-order valence-corrected chi connectivity index (χ0v) is 14.9. The number of benzene rings is 1. The minimum absolute atomic E-state index is 0.323. The third kappa shape index (κ3) is 3.76. The van der Waals surface area contributed by atoms with Gasteiger partial charge in [-0.15, -0.1) is 22.7 Å². The van der Waals surface area contributed by atoms with Gasteiger partial charge >= 0.3 is 0 Å². The van der Waals surface area contributed by atoms with Crippen molar-refractivity contribution >= 4 is 44.3 Å². The SMILES string of the molecule is Cc1cc(Br)ccc1NC(Cc1cccs1)c1cccs1. The Hall–Kier alpha value is -1.10. The van der Waals surface area contributed by atoms with E-state index in [0.29, 0.717) is 6.04 Å². The molecule has 1 nitrogen and oxygen atoms in total. The van der Waals surface area contributed by atoms with Gasteiger partial charge in [-0.05, 0) is 53.6 Å². The summed E-state index contributed by atoms with van der Waals surface area (Å²) in [6.07, 6.45) is 1.02. The lowest BCUT2D eigenvalue weighted by Crippen LogP contribution is -2.12. The van der Waals surface area contributed by atoms with Crippen LogP contribution in [0.3, 0.4) is 0 Å². The van der Waals surface area contributed by atoms with Gasteiger partial charge in [0.2, 0.25) is 0 Å². The average Bonchev–Trinajstić information content (AvgIpc) is 3.13. The molecule has 1 aromatic carbocycles. The van der Waals surface area contributed by atoms with E-state index in [1.807, 2.05) is 22.7 Å². The van der Waals surface area contributed by atoms with Gasteiger partial charge in [-0.1, -0.05) is 28.1 Å². The van der Waals surface area contributed by atoms with E-state index in [9.17, 15) is 0 Å². The largest absolute Gasteiger partial charge is 0.377 e. The Balaban J connectivity index is 1.85. The molecule has 1 atom stereocenters. The molecule has 0 spiro atoms. The Bertz CT molecular complexity index is 690. The van der Waals surface area contributed by atoms with Crippen LogP contribution >= 0.6 is 38.6 Å². The normalized spacial score (nSPS) is 12.3. The minimum Gasteiger partial charge on any atom is -0.377 e. The molecule has 0 aliphatic carbocycles. The first-order chi connectivity index (χ1) is 10.2. The molecule has 2 heterocycles. The maximum Gasteiger partial charge on any atom is 0.0654 e. The molecule has 0 aliphatic rings. The summed E-state index contributed by atoms with van der Waals surface area (Å²) in [5.41, 5.74) is 2.46. The van der Waals surface area contributed by atoms with Gasteiger partial charge in [-0.3, -0.25) is 0 Å². The summed E-state index contributed by atoms with van der Waals surface area (Å²) in [6.45, 7) is 2.14. The molecule has 1 N–H and O–H groups in total. The van der Waals surface area contributed by atoms with Gasteiger partial charge in [-0.2, -0.15) is 0 Å². The Morgan fingerprint density at radius 1 is 1.10 bits per heavy atom. The first-order valence-corrected chi connectivity index (χ1v) is 9.36. The van der Waals surface area contributed by atoms with E-state index in [1.165, 1.54) is 21.0 Å². The molecule has 4 heteroatoms. The maximum absolute atomic E-state index is 3.71. The molecule has 3 rings (SSSR count). The quantitative estimate of drug-likeness (QED) is 0.551. The van der Waals surface area contributed by atoms with Gasteiger partial charge in [0.1, 0.15) is 0 Å². The Morgan fingerprint density at radius 2 is 1.90 bits per heavy atom. The van der Waals surface area contributed by atoms with Crippen LogP contribution in [0.5, 0.6) is 0 Å². The Labute approximate surface area is 141 Å². The number of anilines is 1. The zero-order chi connectivity index (χ0) is 14.7. The minimum atomic E-state index is 0.323. The van der Waals surface area contributed by atoms with Gasteiger partial charge in [0, 0.05) is 26.3 Å². The van der Waals surface area contributed by atoms with Gasteiger partial charge in [0.15, 0.2) is 0 Å². The van der Waals surface area contributed by atoms with E-state index in [-0.39, 0.29) is 0 Å². The number of hydrogen-bond donors (Lipinski definition) is 1. The molecule has 2 aromatic heterocycles. The number of thiophene rings is 2. The van der Waals surface area contributed by atoms with Crippen molar-refractivity contribution in [2.75, 3.05) is 5.32 Å². The first-order valence-electron chi connectivity index (χ1n) is 6.81. The van der Waals surface area contributed by atoms with Crippen LogP contribution in [0.15, 0.2) is 57.7 Å². The molecule has 1 unspecified atom stereocenters. The average molecular weight is 378 g/mol. The molecule has 0 saturated heterocycles. The molecule has 0 bridgehead atoms. The highest BCUT2D eigenvalue weighted by molar-refractivity contribution is 9.10. The monoisotopic (exact) mass is 377 g/mol. The second kappa shape index (κ2) is 6.77. The van der Waals surface area contributed by atoms with Crippen LogP contribution in [0.1, 0.15) is 21.4 Å². The van der Waals surface area contributed by atoms with Crippen molar-refractivity contribution in [2.45, 2.75) is 19.4 Å². The standard InChI is InChI=1S/C17H16BrNS2/c1-12-10-13(18)6-7-15(12)19-16(17-5-3-9-21-17)11-14-4-2-8-20-14/h2-10,16,19H,11H2,1H3. The predicted molar refractivity (Wildman–Crippen MR) is 97.6 cm³/mol. The summed E-state index contributed by atoms with van der Waals surface area (Å²) in [5.74, 6) is 0. The molecule has 108 valence electrons. The topological polar surface area (TPSA) is 12.0 Å². The molecule has 0 fully saturated rings. The van der Waals surface area contributed by atoms with E-state index >= 15 is 0 Å². The van der Waals surface area contributed by atoms with Crippen LogP contribution in [0.2, 0.25) is 0 Å². The van der Waals surface area contributed by atoms with Crippen LogP contribution in [0.25, 0.3) is 0 Å². The summed E-state index contributed by atoms with van der Waals surface area (Å²) < 4.78 is 1.12. The maximum atomic E-state index is 3.71. The van der Waals surface area contributed by atoms with Crippen LogP contribution in [0.4, 0.5) is 5.69 Å². The Morgan fingerprint density at radius 3 is 2.57 bits per heavy atom. The second-order valence-electron chi connectivity index (χ2n) is 4.96. The Kier molecular flexibility index (Phi) is 4.78. The third-order valence-corrected chi connectivity index (χ3v) is 5.77. The van der Waals surface area contributed by atoms with E-state index < -0.39 is 0 Å². The fourth-order valence-corrected chi connectivity index (χ4v) is 4.32. The van der Waals surface area contributed by atoms with Gasteiger partial charge in [-0.25, -0.2) is 0 Å². The lowest BCUT2D eigenvalue weighted by Gasteiger charge is -2.20. The van der Waals surface area contributed by atoms with E-state index in [2.05, 4.69) is 81.4 Å². The summed E-state index contributed by atoms with van der Waals surface area (Å²) in [7, 11) is 0. The molecule has 3 aromatic rings. The van der Waals surface area contributed by atoms with Gasteiger partial charge in [0.05, 0.1) is 6.04 Å². The third-order valence-electron chi connectivity index (χ3n) is 3.39. The van der Waals surface area contributed by atoms with Crippen LogP contribution in [-0.2, 0) is 6.42 Å². The lowest BCUT2D eigenvalue weighted by molar-refractivity contribution is 0.801.